The van der Waals surface area contributed by atoms with Crippen molar-refractivity contribution in [3.05, 3.63) is 12.2 Å². The fourth-order valence-corrected chi connectivity index (χ4v) is 2.40. The van der Waals surface area contributed by atoms with Crippen molar-refractivity contribution >= 4 is 0 Å². The highest BCUT2D eigenvalue weighted by molar-refractivity contribution is 5.00. The van der Waals surface area contributed by atoms with Gasteiger partial charge in [0.05, 0.1) is 0 Å². The molecule has 0 amide bonds. The molecule has 3 atom stereocenters. The van der Waals surface area contributed by atoms with Gasteiger partial charge < -0.3 is 0 Å². The van der Waals surface area contributed by atoms with Crippen LogP contribution in [0.5, 0.6) is 0 Å². The zero-order valence-corrected chi connectivity index (χ0v) is 8.06. The van der Waals surface area contributed by atoms with Gasteiger partial charge >= 0.3 is 0 Å². The van der Waals surface area contributed by atoms with Gasteiger partial charge in [-0.15, -0.1) is 0 Å². The molecule has 11 heavy (non-hydrogen) atoms. The van der Waals surface area contributed by atoms with Gasteiger partial charge in [0, 0.05) is 0 Å². The van der Waals surface area contributed by atoms with Gasteiger partial charge in [0.2, 0.25) is 0 Å². The normalized spacial score (nSPS) is 38.6. The minimum atomic E-state index is 0.811. The summed E-state index contributed by atoms with van der Waals surface area (Å²) in [5, 5.41) is 0. The van der Waals surface area contributed by atoms with Crippen LogP contribution in [0.2, 0.25) is 0 Å². The highest BCUT2D eigenvalue weighted by Crippen LogP contribution is 2.36. The van der Waals surface area contributed by atoms with Crippen LogP contribution in [0.3, 0.4) is 0 Å². The van der Waals surface area contributed by atoms with Crippen LogP contribution < -0.4 is 0 Å². The molecule has 1 fully saturated rings. The van der Waals surface area contributed by atoms with Crippen LogP contribution >= 0.6 is 0 Å². The van der Waals surface area contributed by atoms with E-state index < -0.39 is 0 Å². The summed E-state index contributed by atoms with van der Waals surface area (Å²) in [6, 6.07) is 0. The third kappa shape index (κ3) is 2.08. The number of hydrogen-bond donors (Lipinski definition) is 0. The van der Waals surface area contributed by atoms with Crippen LogP contribution in [-0.4, -0.2) is 0 Å². The summed E-state index contributed by atoms with van der Waals surface area (Å²) in [7, 11) is 0. The smallest absolute Gasteiger partial charge is 0.0183 e. The van der Waals surface area contributed by atoms with Gasteiger partial charge in [-0.25, -0.2) is 0 Å². The van der Waals surface area contributed by atoms with E-state index in [4.69, 9.17) is 0 Å². The molecule has 0 bridgehead atoms. The highest BCUT2D eigenvalue weighted by atomic mass is 14.3. The molecule has 0 aromatic carbocycles. The predicted octanol–water partition coefficient (Wildman–Crippen LogP) is 3.63. The van der Waals surface area contributed by atoms with Crippen molar-refractivity contribution in [1.29, 1.82) is 0 Å². The topological polar surface area (TPSA) is 0 Å². The van der Waals surface area contributed by atoms with E-state index in [0.717, 1.165) is 17.8 Å². The van der Waals surface area contributed by atoms with Crippen LogP contribution in [0.1, 0.15) is 40.0 Å². The summed E-state index contributed by atoms with van der Waals surface area (Å²) in [5.41, 5.74) is 1.39. The summed E-state index contributed by atoms with van der Waals surface area (Å²) < 4.78 is 0. The molecule has 0 aromatic rings. The van der Waals surface area contributed by atoms with Crippen LogP contribution in [0.4, 0.5) is 0 Å². The monoisotopic (exact) mass is 152 g/mol. The minimum absolute atomic E-state index is 0.811. The first-order chi connectivity index (χ1) is 5.11. The molecule has 0 heterocycles. The average molecular weight is 152 g/mol. The summed E-state index contributed by atoms with van der Waals surface area (Å²) in [5.74, 6) is 2.63. The Labute approximate surface area is 70.7 Å². The summed E-state index contributed by atoms with van der Waals surface area (Å²) in [6.07, 6.45) is 4.18. The van der Waals surface area contributed by atoms with E-state index in [1.54, 1.807) is 0 Å². The third-order valence-corrected chi connectivity index (χ3v) is 3.06. The largest absolute Gasteiger partial charge is 0.0999 e. The summed E-state index contributed by atoms with van der Waals surface area (Å²) >= 11 is 0. The lowest BCUT2D eigenvalue weighted by Crippen LogP contribution is -2.21. The molecular formula is C11H20. The minimum Gasteiger partial charge on any atom is -0.0999 e. The van der Waals surface area contributed by atoms with Gasteiger partial charge in [0.1, 0.15) is 0 Å². The molecule has 0 N–H and O–H groups in total. The van der Waals surface area contributed by atoms with Crippen molar-refractivity contribution in [2.75, 3.05) is 0 Å². The lowest BCUT2D eigenvalue weighted by molar-refractivity contribution is 0.233. The van der Waals surface area contributed by atoms with E-state index in [9.17, 15) is 0 Å². The van der Waals surface area contributed by atoms with Crippen molar-refractivity contribution in [1.82, 2.24) is 0 Å². The highest BCUT2D eigenvalue weighted by Gasteiger charge is 2.25. The Morgan fingerprint density at radius 3 is 2.36 bits per heavy atom. The van der Waals surface area contributed by atoms with Crippen molar-refractivity contribution < 1.29 is 0 Å². The molecule has 1 aliphatic carbocycles. The zero-order valence-electron chi connectivity index (χ0n) is 8.06. The Morgan fingerprint density at radius 2 is 1.91 bits per heavy atom. The van der Waals surface area contributed by atoms with E-state index in [-0.39, 0.29) is 0 Å². The number of allylic oxidation sites excluding steroid dienone is 1. The van der Waals surface area contributed by atoms with E-state index in [1.165, 1.54) is 24.8 Å². The van der Waals surface area contributed by atoms with E-state index in [1.807, 2.05) is 0 Å². The molecule has 1 unspecified atom stereocenters. The quantitative estimate of drug-likeness (QED) is 0.503. The van der Waals surface area contributed by atoms with Crippen molar-refractivity contribution in [3.63, 3.8) is 0 Å². The fourth-order valence-electron chi connectivity index (χ4n) is 2.40. The Hall–Kier alpha value is -0.260. The fraction of sp³-hybridized carbons (Fsp3) is 0.818. The molecular weight excluding hydrogens is 132 g/mol. The first-order valence-electron chi connectivity index (χ1n) is 4.76. The molecule has 1 rings (SSSR count). The van der Waals surface area contributed by atoms with Gasteiger partial charge in [-0.2, -0.15) is 0 Å². The first-order valence-corrected chi connectivity index (χ1v) is 4.76. The third-order valence-electron chi connectivity index (χ3n) is 3.06. The SMILES string of the molecule is C=C(C)C1CC[C@@H](C)C[C@H]1C. The maximum absolute atomic E-state index is 4.05. The number of rotatable bonds is 1. The van der Waals surface area contributed by atoms with Crippen molar-refractivity contribution in [3.8, 4) is 0 Å². The lowest BCUT2D eigenvalue weighted by atomic mass is 9.73. The molecule has 0 aromatic heterocycles. The van der Waals surface area contributed by atoms with E-state index in [0.29, 0.717) is 0 Å². The Morgan fingerprint density at radius 1 is 1.27 bits per heavy atom. The maximum Gasteiger partial charge on any atom is -0.0183 e. The van der Waals surface area contributed by atoms with E-state index >= 15 is 0 Å². The second kappa shape index (κ2) is 3.42. The predicted molar refractivity (Wildman–Crippen MR) is 50.5 cm³/mol. The molecule has 1 aliphatic rings. The van der Waals surface area contributed by atoms with Crippen LogP contribution in [-0.2, 0) is 0 Å². The standard InChI is InChI=1S/C11H20/c1-8(2)11-6-5-9(3)7-10(11)4/h9-11H,1,5-7H2,2-4H3/t9-,10-,11?/m1/s1. The van der Waals surface area contributed by atoms with Crippen LogP contribution in [0.25, 0.3) is 0 Å². The molecule has 0 radical (unpaired) electrons. The van der Waals surface area contributed by atoms with Crippen molar-refractivity contribution in [2.24, 2.45) is 17.8 Å². The molecule has 1 saturated carbocycles. The van der Waals surface area contributed by atoms with Gasteiger partial charge in [-0.05, 0) is 37.5 Å². The first kappa shape index (κ1) is 8.83. The number of hydrogen-bond acceptors (Lipinski definition) is 0. The second-order valence-electron chi connectivity index (χ2n) is 4.35. The van der Waals surface area contributed by atoms with Crippen LogP contribution in [0, 0.1) is 17.8 Å². The van der Waals surface area contributed by atoms with Gasteiger partial charge in [-0.3, -0.25) is 0 Å². The zero-order chi connectivity index (χ0) is 8.43. The Bertz CT molecular complexity index is 146. The summed E-state index contributed by atoms with van der Waals surface area (Å²) in [4.78, 5) is 0. The van der Waals surface area contributed by atoms with Gasteiger partial charge in [0.25, 0.3) is 0 Å². The van der Waals surface area contributed by atoms with Crippen LogP contribution in [0.15, 0.2) is 12.2 Å². The molecule has 0 aliphatic heterocycles. The maximum atomic E-state index is 4.05. The van der Waals surface area contributed by atoms with E-state index in [2.05, 4.69) is 27.4 Å². The van der Waals surface area contributed by atoms with Crippen molar-refractivity contribution in [2.45, 2.75) is 40.0 Å². The summed E-state index contributed by atoms with van der Waals surface area (Å²) in [6.45, 7) is 11.0. The molecule has 64 valence electrons. The van der Waals surface area contributed by atoms with Gasteiger partial charge in [-0.1, -0.05) is 32.4 Å². The molecule has 0 saturated heterocycles. The average Bonchev–Trinajstić information content (AvgIpc) is 1.85. The Balaban J connectivity index is 2.50. The Kier molecular flexibility index (Phi) is 2.75. The second-order valence-corrected chi connectivity index (χ2v) is 4.35. The molecule has 0 heteroatoms. The molecule has 0 nitrogen and oxygen atoms in total. The lowest BCUT2D eigenvalue weighted by Gasteiger charge is -2.32. The van der Waals surface area contributed by atoms with Gasteiger partial charge in [0.15, 0.2) is 0 Å². The molecule has 0 spiro atoms.